The Bertz CT molecular complexity index is 1280. The van der Waals surface area contributed by atoms with E-state index in [0.29, 0.717) is 38.5 Å². The third kappa shape index (κ3) is 9.22. The molecule has 42 heavy (non-hydrogen) atoms. The Morgan fingerprint density at radius 3 is 1.38 bits per heavy atom. The van der Waals surface area contributed by atoms with Crippen molar-refractivity contribution in [3.8, 4) is 23.0 Å². The molecule has 0 spiro atoms. The van der Waals surface area contributed by atoms with Crippen molar-refractivity contribution in [1.82, 2.24) is 0 Å². The fourth-order valence-electron chi connectivity index (χ4n) is 4.66. The Balaban J connectivity index is 1.82. The van der Waals surface area contributed by atoms with Crippen LogP contribution in [0.3, 0.4) is 0 Å². The highest BCUT2D eigenvalue weighted by atomic mass is 16.5. The van der Waals surface area contributed by atoms with E-state index in [4.69, 9.17) is 9.47 Å². The smallest absolute Gasteiger partial charge is 0.342 e. The number of ether oxygens (including phenoxy) is 2. The van der Waals surface area contributed by atoms with Gasteiger partial charge in [-0.15, -0.1) is 0 Å². The van der Waals surface area contributed by atoms with E-state index >= 15 is 0 Å². The average molecular weight is 581 g/mol. The van der Waals surface area contributed by atoms with E-state index in [9.17, 15) is 39.6 Å². The van der Waals surface area contributed by atoms with E-state index in [0.717, 1.165) is 12.1 Å². The van der Waals surface area contributed by atoms with Crippen LogP contribution in [0, 0.1) is 0 Å². The second-order valence-corrected chi connectivity index (χ2v) is 10.4. The van der Waals surface area contributed by atoms with Crippen molar-refractivity contribution in [2.24, 2.45) is 0 Å². The first kappa shape index (κ1) is 31.9. The van der Waals surface area contributed by atoms with Crippen molar-refractivity contribution >= 4 is 23.5 Å². The monoisotopic (exact) mass is 580 g/mol. The molecule has 2 aromatic carbocycles. The van der Waals surface area contributed by atoms with Gasteiger partial charge in [-0.25, -0.2) is 9.59 Å². The summed E-state index contributed by atoms with van der Waals surface area (Å²) < 4.78 is 11.0. The fraction of sp³-hybridized carbons (Fsp3) is 0.375. The lowest BCUT2D eigenvalue weighted by molar-refractivity contribution is -0.114. The summed E-state index contributed by atoms with van der Waals surface area (Å²) in [7, 11) is 0. The number of carbonyl (C=O) groups is 4. The van der Waals surface area contributed by atoms with E-state index in [2.05, 4.69) is 0 Å². The van der Waals surface area contributed by atoms with Crippen LogP contribution in [0.5, 0.6) is 23.0 Å². The van der Waals surface area contributed by atoms with Crippen LogP contribution in [0.25, 0.3) is 0 Å². The van der Waals surface area contributed by atoms with Gasteiger partial charge in [-0.3, -0.25) is 9.59 Å². The van der Waals surface area contributed by atoms with Gasteiger partial charge in [-0.1, -0.05) is 12.2 Å². The summed E-state index contributed by atoms with van der Waals surface area (Å²) in [6.45, 7) is 3.36. The number of benzene rings is 2. The summed E-state index contributed by atoms with van der Waals surface area (Å²) in [5.41, 5.74) is -0.107. The minimum atomic E-state index is -0.819. The summed E-state index contributed by atoms with van der Waals surface area (Å²) in [5, 5.41) is 40.6. The van der Waals surface area contributed by atoms with Crippen molar-refractivity contribution in [1.29, 1.82) is 0 Å². The Morgan fingerprint density at radius 2 is 1.00 bits per heavy atom. The number of hydrogen-bond acceptors (Lipinski definition) is 10. The highest BCUT2D eigenvalue weighted by Crippen LogP contribution is 2.31. The van der Waals surface area contributed by atoms with E-state index < -0.39 is 35.6 Å². The molecule has 1 aliphatic rings. The van der Waals surface area contributed by atoms with Crippen molar-refractivity contribution in [3.63, 3.8) is 0 Å². The standard InChI is InChI=1S/C32H36O10/c1-19-9-5-3-7-11-23(33)14-22-16-26(36)18-28(38)30(22)32(40)42-20(2)10-6-4-8-12-24(34)13-21-15-25(35)17-27(37)29(21)31(39)41-19/h7-8,11-12,15-20,35-38H,3-6,9-10,13-14H2,1-2H3/b11-7+,12-8+/t19-,20-/m0/s1. The lowest BCUT2D eigenvalue weighted by Crippen LogP contribution is -2.18. The zero-order chi connectivity index (χ0) is 30.8. The van der Waals surface area contributed by atoms with Gasteiger partial charge in [0.1, 0.15) is 34.1 Å². The first-order valence-electron chi connectivity index (χ1n) is 13.8. The molecular weight excluding hydrogens is 544 g/mol. The number of ketones is 2. The maximum atomic E-state index is 12.9. The molecule has 2 atom stereocenters. The number of allylic oxidation sites excluding steroid dienone is 4. The zero-order valence-corrected chi connectivity index (χ0v) is 23.7. The van der Waals surface area contributed by atoms with Crippen molar-refractivity contribution in [2.45, 2.75) is 77.4 Å². The maximum absolute atomic E-state index is 12.9. The van der Waals surface area contributed by atoms with Gasteiger partial charge in [0.15, 0.2) is 11.6 Å². The molecule has 224 valence electrons. The molecule has 1 aliphatic heterocycles. The molecule has 0 fully saturated rings. The minimum Gasteiger partial charge on any atom is -0.508 e. The second kappa shape index (κ2) is 14.9. The van der Waals surface area contributed by atoms with Gasteiger partial charge < -0.3 is 29.9 Å². The third-order valence-electron chi connectivity index (χ3n) is 6.69. The maximum Gasteiger partial charge on any atom is 0.342 e. The second-order valence-electron chi connectivity index (χ2n) is 10.4. The van der Waals surface area contributed by atoms with Gasteiger partial charge in [0.2, 0.25) is 0 Å². The first-order chi connectivity index (χ1) is 19.9. The predicted molar refractivity (Wildman–Crippen MR) is 153 cm³/mol. The van der Waals surface area contributed by atoms with Gasteiger partial charge in [-0.2, -0.15) is 0 Å². The van der Waals surface area contributed by atoms with Crippen LogP contribution in [0.4, 0.5) is 0 Å². The van der Waals surface area contributed by atoms with E-state index in [1.807, 2.05) is 0 Å². The summed E-state index contributed by atoms with van der Waals surface area (Å²) in [4.78, 5) is 51.0. The van der Waals surface area contributed by atoms with Gasteiger partial charge in [0, 0.05) is 25.0 Å². The molecule has 10 nitrogen and oxygen atoms in total. The molecular formula is C32H36O10. The molecule has 0 aromatic heterocycles. The van der Waals surface area contributed by atoms with E-state index in [-0.39, 0.29) is 58.2 Å². The summed E-state index contributed by atoms with van der Waals surface area (Å²) >= 11 is 0. The Hall–Kier alpha value is -4.60. The molecule has 0 unspecified atom stereocenters. The van der Waals surface area contributed by atoms with Gasteiger partial charge in [0.05, 0.1) is 12.2 Å². The number of hydrogen-bond donors (Lipinski definition) is 4. The van der Waals surface area contributed by atoms with Crippen LogP contribution in [0.2, 0.25) is 0 Å². The number of rotatable bonds is 0. The summed E-state index contributed by atoms with van der Waals surface area (Å²) in [6.07, 6.45) is 7.32. The van der Waals surface area contributed by atoms with Gasteiger partial charge >= 0.3 is 11.9 Å². The van der Waals surface area contributed by atoms with Crippen LogP contribution in [0.1, 0.15) is 84.2 Å². The Labute approximate surface area is 243 Å². The molecule has 2 aromatic rings. The Kier molecular flexibility index (Phi) is 11.3. The van der Waals surface area contributed by atoms with Gasteiger partial charge in [0.25, 0.3) is 0 Å². The van der Waals surface area contributed by atoms with Crippen LogP contribution in [-0.2, 0) is 31.9 Å². The normalized spacial score (nSPS) is 21.7. The molecule has 0 saturated carbocycles. The number of esters is 2. The molecule has 4 N–H and O–H groups in total. The molecule has 0 aliphatic carbocycles. The number of carbonyl (C=O) groups excluding carboxylic acids is 4. The highest BCUT2D eigenvalue weighted by molar-refractivity contribution is 5.99. The molecule has 1 heterocycles. The third-order valence-corrected chi connectivity index (χ3v) is 6.69. The first-order valence-corrected chi connectivity index (χ1v) is 13.8. The van der Waals surface area contributed by atoms with E-state index in [1.165, 1.54) is 24.3 Å². The molecule has 0 amide bonds. The largest absolute Gasteiger partial charge is 0.508 e. The quantitative estimate of drug-likeness (QED) is 0.312. The number of phenols is 4. The van der Waals surface area contributed by atoms with Crippen molar-refractivity contribution in [2.75, 3.05) is 0 Å². The lowest BCUT2D eigenvalue weighted by Gasteiger charge is -2.16. The lowest BCUT2D eigenvalue weighted by atomic mass is 9.99. The summed E-state index contributed by atoms with van der Waals surface area (Å²) in [5.74, 6) is -3.92. The minimum absolute atomic E-state index is 0.132. The topological polar surface area (TPSA) is 168 Å². The van der Waals surface area contributed by atoms with Crippen molar-refractivity contribution < 1.29 is 49.1 Å². The van der Waals surface area contributed by atoms with Crippen molar-refractivity contribution in [3.05, 3.63) is 70.8 Å². The number of aromatic hydroxyl groups is 4. The Morgan fingerprint density at radius 1 is 0.619 bits per heavy atom. The van der Waals surface area contributed by atoms with Crippen LogP contribution in [-0.4, -0.2) is 56.1 Å². The molecule has 0 radical (unpaired) electrons. The molecule has 0 saturated heterocycles. The van der Waals surface area contributed by atoms with E-state index in [1.54, 1.807) is 26.0 Å². The predicted octanol–water partition coefficient (Wildman–Crippen LogP) is 4.99. The molecule has 0 bridgehead atoms. The molecule has 10 heteroatoms. The molecule has 3 rings (SSSR count). The van der Waals surface area contributed by atoms with Crippen LogP contribution < -0.4 is 0 Å². The number of phenolic OH excluding ortho intramolecular Hbond substituents is 4. The van der Waals surface area contributed by atoms with Crippen LogP contribution in [0.15, 0.2) is 48.6 Å². The SMILES string of the molecule is C[C@H]1CCC/C=C/C(=O)Cc2cc(O)cc(O)c2C(=O)O[C@@H](C)CCC/C=C/C(=O)Cc2cc(O)cc(O)c2C(=O)O1. The zero-order valence-electron chi connectivity index (χ0n) is 23.7. The van der Waals surface area contributed by atoms with Gasteiger partial charge in [-0.05, 0) is 87.8 Å². The average Bonchev–Trinajstić information content (AvgIpc) is 2.86. The van der Waals surface area contributed by atoms with Crippen LogP contribution >= 0.6 is 0 Å². The highest BCUT2D eigenvalue weighted by Gasteiger charge is 2.24. The summed E-state index contributed by atoms with van der Waals surface area (Å²) in [6, 6.07) is 4.51. The number of fused-ring (bicyclic) bond motifs is 2. The fourth-order valence-corrected chi connectivity index (χ4v) is 4.66. The number of cyclic esters (lactones) is 2.